The molecule has 0 bridgehead atoms. The van der Waals surface area contributed by atoms with Crippen molar-refractivity contribution in [2.24, 2.45) is 0 Å². The molecule has 0 fully saturated rings. The van der Waals surface area contributed by atoms with Crippen molar-refractivity contribution in [2.75, 3.05) is 0 Å². The fourth-order valence-corrected chi connectivity index (χ4v) is 1.86. The topological polar surface area (TPSA) is 25.8 Å². The Labute approximate surface area is 106 Å². The zero-order chi connectivity index (χ0) is 12.2. The third kappa shape index (κ3) is 2.13. The highest BCUT2D eigenvalue weighted by Gasteiger charge is 2.02. The summed E-state index contributed by atoms with van der Waals surface area (Å²) >= 11 is 0. The summed E-state index contributed by atoms with van der Waals surface area (Å²) in [6.07, 6.45) is 1.78. The predicted molar refractivity (Wildman–Crippen MR) is 72.9 cm³/mol. The molecule has 1 aromatic carbocycles. The molecule has 2 heteroatoms. The minimum Gasteiger partial charge on any atom is -0.255 e. The van der Waals surface area contributed by atoms with Gasteiger partial charge in [0.1, 0.15) is 0 Å². The third-order valence-electron chi connectivity index (χ3n) is 2.75. The fraction of sp³-hybridized carbons (Fsp3) is 0. The highest BCUT2D eigenvalue weighted by Crippen LogP contribution is 2.20. The Balaban J connectivity index is 2.05. The first-order chi connectivity index (χ1) is 8.93. The number of pyridine rings is 2. The van der Waals surface area contributed by atoms with Crippen LogP contribution in [-0.2, 0) is 0 Å². The highest BCUT2D eigenvalue weighted by atomic mass is 14.8. The summed E-state index contributed by atoms with van der Waals surface area (Å²) in [6, 6.07) is 22.0. The molecule has 2 nitrogen and oxygen atoms in total. The Bertz CT molecular complexity index is 579. The standard InChI is InChI=1S/C16H12N2/c1-2-7-13(8-3-1)14-10-6-11-16(18-14)15-9-4-5-12-17-15/h1-12H. The number of rotatable bonds is 2. The summed E-state index contributed by atoms with van der Waals surface area (Å²) in [5.74, 6) is 0. The van der Waals surface area contributed by atoms with Crippen LogP contribution in [0.4, 0.5) is 0 Å². The second-order valence-electron chi connectivity index (χ2n) is 3.99. The van der Waals surface area contributed by atoms with Crippen LogP contribution in [0, 0.1) is 0 Å². The second kappa shape index (κ2) is 4.80. The Morgan fingerprint density at radius 1 is 0.556 bits per heavy atom. The maximum Gasteiger partial charge on any atom is 0.0893 e. The van der Waals surface area contributed by atoms with Gasteiger partial charge in [-0.05, 0) is 24.3 Å². The van der Waals surface area contributed by atoms with E-state index >= 15 is 0 Å². The van der Waals surface area contributed by atoms with Crippen LogP contribution < -0.4 is 0 Å². The van der Waals surface area contributed by atoms with Crippen molar-refractivity contribution in [1.82, 2.24) is 9.97 Å². The van der Waals surface area contributed by atoms with E-state index in [0.717, 1.165) is 22.6 Å². The van der Waals surface area contributed by atoms with Crippen LogP contribution in [0.2, 0.25) is 0 Å². The molecule has 18 heavy (non-hydrogen) atoms. The highest BCUT2D eigenvalue weighted by molar-refractivity contribution is 5.63. The van der Waals surface area contributed by atoms with Crippen molar-refractivity contribution < 1.29 is 0 Å². The Hall–Kier alpha value is -2.48. The van der Waals surface area contributed by atoms with Gasteiger partial charge in [0.15, 0.2) is 0 Å². The van der Waals surface area contributed by atoms with Crippen molar-refractivity contribution in [2.45, 2.75) is 0 Å². The van der Waals surface area contributed by atoms with Gasteiger partial charge in [-0.15, -0.1) is 0 Å². The quantitative estimate of drug-likeness (QED) is 0.671. The van der Waals surface area contributed by atoms with Crippen LogP contribution in [0.5, 0.6) is 0 Å². The molecule has 0 amide bonds. The number of hydrogen-bond acceptors (Lipinski definition) is 2. The van der Waals surface area contributed by atoms with Crippen LogP contribution in [0.25, 0.3) is 22.6 Å². The molecule has 0 N–H and O–H groups in total. The van der Waals surface area contributed by atoms with E-state index < -0.39 is 0 Å². The van der Waals surface area contributed by atoms with E-state index in [9.17, 15) is 0 Å². The van der Waals surface area contributed by atoms with Crippen molar-refractivity contribution in [3.8, 4) is 22.6 Å². The third-order valence-corrected chi connectivity index (χ3v) is 2.75. The smallest absolute Gasteiger partial charge is 0.0893 e. The zero-order valence-electron chi connectivity index (χ0n) is 9.82. The average molecular weight is 232 g/mol. The van der Waals surface area contributed by atoms with Gasteiger partial charge in [0.25, 0.3) is 0 Å². The minimum absolute atomic E-state index is 0.898. The maximum atomic E-state index is 4.65. The van der Waals surface area contributed by atoms with Crippen LogP contribution >= 0.6 is 0 Å². The van der Waals surface area contributed by atoms with E-state index in [2.05, 4.69) is 22.1 Å². The summed E-state index contributed by atoms with van der Waals surface area (Å²) in [5.41, 5.74) is 3.89. The van der Waals surface area contributed by atoms with Crippen molar-refractivity contribution in [1.29, 1.82) is 0 Å². The normalized spacial score (nSPS) is 10.2. The first-order valence-electron chi connectivity index (χ1n) is 5.87. The van der Waals surface area contributed by atoms with Gasteiger partial charge in [0.05, 0.1) is 17.1 Å². The van der Waals surface area contributed by atoms with Crippen molar-refractivity contribution in [3.05, 3.63) is 72.9 Å². The summed E-state index contributed by atoms with van der Waals surface area (Å²) < 4.78 is 0. The van der Waals surface area contributed by atoms with Crippen LogP contribution in [0.15, 0.2) is 72.9 Å². The second-order valence-corrected chi connectivity index (χ2v) is 3.99. The monoisotopic (exact) mass is 232 g/mol. The minimum atomic E-state index is 0.898. The lowest BCUT2D eigenvalue weighted by molar-refractivity contribution is 1.25. The van der Waals surface area contributed by atoms with Crippen LogP contribution in [0.3, 0.4) is 0 Å². The summed E-state index contributed by atoms with van der Waals surface area (Å²) in [6.45, 7) is 0. The lowest BCUT2D eigenvalue weighted by Crippen LogP contribution is -1.89. The zero-order valence-corrected chi connectivity index (χ0v) is 9.82. The van der Waals surface area contributed by atoms with Gasteiger partial charge < -0.3 is 0 Å². The molecule has 0 spiro atoms. The molecule has 0 aliphatic rings. The van der Waals surface area contributed by atoms with E-state index in [1.54, 1.807) is 6.20 Å². The number of benzene rings is 1. The molecule has 0 unspecified atom stereocenters. The largest absolute Gasteiger partial charge is 0.255 e. The fourth-order valence-electron chi connectivity index (χ4n) is 1.86. The van der Waals surface area contributed by atoms with Gasteiger partial charge in [0.2, 0.25) is 0 Å². The van der Waals surface area contributed by atoms with E-state index in [4.69, 9.17) is 0 Å². The molecule has 2 aromatic heterocycles. The van der Waals surface area contributed by atoms with Gasteiger partial charge in [0, 0.05) is 11.8 Å². The molecular weight excluding hydrogens is 220 g/mol. The first-order valence-corrected chi connectivity index (χ1v) is 5.87. The van der Waals surface area contributed by atoms with Gasteiger partial charge >= 0.3 is 0 Å². The SMILES string of the molecule is c1ccc(-c2cccc(-c3ccccn3)n2)cc1. The predicted octanol–water partition coefficient (Wildman–Crippen LogP) is 3.81. The molecular formula is C16H12N2. The van der Waals surface area contributed by atoms with E-state index in [0.29, 0.717) is 0 Å². The molecule has 3 aromatic rings. The lowest BCUT2D eigenvalue weighted by Gasteiger charge is -2.04. The molecule has 2 heterocycles. The first kappa shape index (κ1) is 10.7. The van der Waals surface area contributed by atoms with Gasteiger partial charge in [-0.3, -0.25) is 4.98 Å². The number of nitrogens with zero attached hydrogens (tertiary/aromatic N) is 2. The molecule has 0 saturated heterocycles. The van der Waals surface area contributed by atoms with Crippen molar-refractivity contribution in [3.63, 3.8) is 0 Å². The average Bonchev–Trinajstić information content (AvgIpc) is 2.49. The summed E-state index contributed by atoms with van der Waals surface area (Å²) in [5, 5.41) is 0. The summed E-state index contributed by atoms with van der Waals surface area (Å²) in [4.78, 5) is 8.97. The van der Waals surface area contributed by atoms with Gasteiger partial charge in [-0.1, -0.05) is 42.5 Å². The Morgan fingerprint density at radius 2 is 1.28 bits per heavy atom. The maximum absolute atomic E-state index is 4.65. The van der Waals surface area contributed by atoms with Crippen LogP contribution in [0.1, 0.15) is 0 Å². The Kier molecular flexibility index (Phi) is 2.84. The van der Waals surface area contributed by atoms with Gasteiger partial charge in [-0.2, -0.15) is 0 Å². The summed E-state index contributed by atoms with van der Waals surface area (Å²) in [7, 11) is 0. The van der Waals surface area contributed by atoms with Crippen molar-refractivity contribution >= 4 is 0 Å². The molecule has 0 atom stereocenters. The molecule has 3 rings (SSSR count). The molecule has 0 radical (unpaired) electrons. The molecule has 0 saturated carbocycles. The molecule has 0 aliphatic carbocycles. The van der Waals surface area contributed by atoms with E-state index in [1.165, 1.54) is 0 Å². The number of hydrogen-bond donors (Lipinski definition) is 0. The Morgan fingerprint density at radius 3 is 2.06 bits per heavy atom. The lowest BCUT2D eigenvalue weighted by atomic mass is 10.1. The molecule has 86 valence electrons. The van der Waals surface area contributed by atoms with E-state index in [1.807, 2.05) is 54.6 Å². The molecule has 0 aliphatic heterocycles. The van der Waals surface area contributed by atoms with Gasteiger partial charge in [-0.25, -0.2) is 4.98 Å². The number of aromatic nitrogens is 2. The van der Waals surface area contributed by atoms with E-state index in [-0.39, 0.29) is 0 Å². The van der Waals surface area contributed by atoms with Crippen LogP contribution in [-0.4, -0.2) is 9.97 Å².